The molecule has 2 aromatic carbocycles. The maximum atomic E-state index is 13.3. The molecule has 5 nitrogen and oxygen atoms in total. The van der Waals surface area contributed by atoms with Gasteiger partial charge in [-0.25, -0.2) is 4.39 Å². The van der Waals surface area contributed by atoms with Crippen LogP contribution in [0.15, 0.2) is 53.7 Å². The van der Waals surface area contributed by atoms with E-state index in [0.717, 1.165) is 54.1 Å². The van der Waals surface area contributed by atoms with Crippen molar-refractivity contribution in [2.45, 2.75) is 12.8 Å². The number of hydrogen-bond acceptors (Lipinski definition) is 2. The fourth-order valence-corrected chi connectivity index (χ4v) is 3.05. The molecule has 3 aromatic rings. The zero-order valence-electron chi connectivity index (χ0n) is 15.7. The zero-order valence-corrected chi connectivity index (χ0v) is 15.7. The molecular formula is C21H25FN4O. The van der Waals surface area contributed by atoms with Crippen molar-refractivity contribution in [2.75, 3.05) is 27.2 Å². The molecule has 0 bridgehead atoms. The summed E-state index contributed by atoms with van der Waals surface area (Å²) in [5.74, 6) is 1.41. The number of hydrogen-bond donors (Lipinski definition) is 3. The van der Waals surface area contributed by atoms with Gasteiger partial charge >= 0.3 is 0 Å². The van der Waals surface area contributed by atoms with Gasteiger partial charge in [-0.2, -0.15) is 0 Å². The van der Waals surface area contributed by atoms with E-state index in [-0.39, 0.29) is 5.82 Å². The molecule has 3 rings (SSSR count). The van der Waals surface area contributed by atoms with Crippen LogP contribution < -0.4 is 15.4 Å². The van der Waals surface area contributed by atoms with Crippen molar-refractivity contribution in [3.05, 3.63) is 65.6 Å². The van der Waals surface area contributed by atoms with Crippen LogP contribution in [0, 0.1) is 5.82 Å². The highest BCUT2D eigenvalue weighted by molar-refractivity contribution is 5.83. The van der Waals surface area contributed by atoms with Gasteiger partial charge in [0.1, 0.15) is 11.6 Å². The first-order chi connectivity index (χ1) is 13.2. The Labute approximate surface area is 158 Å². The summed E-state index contributed by atoms with van der Waals surface area (Å²) in [6.07, 6.45) is 3.64. The average Bonchev–Trinajstić information content (AvgIpc) is 3.09. The zero-order chi connectivity index (χ0) is 19.1. The molecule has 0 unspecified atom stereocenters. The molecular weight excluding hydrogens is 343 g/mol. The van der Waals surface area contributed by atoms with E-state index in [9.17, 15) is 4.39 Å². The van der Waals surface area contributed by atoms with E-state index in [1.807, 2.05) is 30.5 Å². The second kappa shape index (κ2) is 9.07. The Bertz CT molecular complexity index is 919. The van der Waals surface area contributed by atoms with Crippen molar-refractivity contribution in [2.24, 2.45) is 4.99 Å². The molecule has 0 fully saturated rings. The van der Waals surface area contributed by atoms with Crippen LogP contribution in [0.5, 0.6) is 5.75 Å². The molecule has 0 aliphatic heterocycles. The number of benzene rings is 2. The summed E-state index contributed by atoms with van der Waals surface area (Å²) < 4.78 is 18.5. The van der Waals surface area contributed by atoms with Crippen molar-refractivity contribution < 1.29 is 9.13 Å². The van der Waals surface area contributed by atoms with Crippen LogP contribution in [-0.2, 0) is 12.8 Å². The first-order valence-electron chi connectivity index (χ1n) is 9.02. The SMILES string of the molecule is CN=C(NCCc1cccc(OC)c1)NCCc1c[nH]c2cc(F)ccc12. The fraction of sp³-hybridized carbons (Fsp3) is 0.286. The van der Waals surface area contributed by atoms with Gasteiger partial charge in [-0.3, -0.25) is 4.99 Å². The third-order valence-electron chi connectivity index (χ3n) is 4.48. The number of H-pyrrole nitrogens is 1. The van der Waals surface area contributed by atoms with Crippen molar-refractivity contribution in [1.29, 1.82) is 0 Å². The Kier molecular flexibility index (Phi) is 6.30. The maximum Gasteiger partial charge on any atom is 0.190 e. The summed E-state index contributed by atoms with van der Waals surface area (Å²) in [7, 11) is 3.43. The average molecular weight is 368 g/mol. The largest absolute Gasteiger partial charge is 0.497 e. The Morgan fingerprint density at radius 3 is 2.70 bits per heavy atom. The number of methoxy groups -OCH3 is 1. The van der Waals surface area contributed by atoms with Crippen molar-refractivity contribution >= 4 is 16.9 Å². The first-order valence-corrected chi connectivity index (χ1v) is 9.02. The molecule has 142 valence electrons. The quantitative estimate of drug-likeness (QED) is 0.443. The van der Waals surface area contributed by atoms with E-state index in [1.165, 1.54) is 17.7 Å². The van der Waals surface area contributed by atoms with Crippen LogP contribution >= 0.6 is 0 Å². The number of guanidine groups is 1. The minimum atomic E-state index is -0.227. The number of nitrogens with zero attached hydrogens (tertiary/aromatic N) is 1. The number of ether oxygens (including phenoxy) is 1. The van der Waals surface area contributed by atoms with Gasteiger partial charge in [-0.05, 0) is 54.3 Å². The summed E-state index contributed by atoms with van der Waals surface area (Å²) in [6, 6.07) is 12.9. The molecule has 1 heterocycles. The summed E-state index contributed by atoms with van der Waals surface area (Å²) in [4.78, 5) is 7.38. The lowest BCUT2D eigenvalue weighted by Crippen LogP contribution is -2.39. The van der Waals surface area contributed by atoms with Crippen LogP contribution in [-0.4, -0.2) is 38.2 Å². The molecule has 1 aromatic heterocycles. The Balaban J connectivity index is 1.46. The second-order valence-electron chi connectivity index (χ2n) is 6.28. The Hall–Kier alpha value is -3.02. The molecule has 0 radical (unpaired) electrons. The lowest BCUT2D eigenvalue weighted by molar-refractivity contribution is 0.414. The highest BCUT2D eigenvalue weighted by Gasteiger charge is 2.05. The van der Waals surface area contributed by atoms with Gasteiger partial charge in [-0.15, -0.1) is 0 Å². The molecule has 0 aliphatic carbocycles. The number of rotatable bonds is 7. The van der Waals surface area contributed by atoms with E-state index in [2.05, 4.69) is 26.7 Å². The molecule has 0 spiro atoms. The molecule has 0 aliphatic rings. The third kappa shape index (κ3) is 5.00. The topological polar surface area (TPSA) is 61.4 Å². The lowest BCUT2D eigenvalue weighted by atomic mass is 10.1. The van der Waals surface area contributed by atoms with Gasteiger partial charge < -0.3 is 20.4 Å². The minimum Gasteiger partial charge on any atom is -0.497 e. The monoisotopic (exact) mass is 368 g/mol. The van der Waals surface area contributed by atoms with Gasteiger partial charge in [0.15, 0.2) is 5.96 Å². The van der Waals surface area contributed by atoms with E-state index in [1.54, 1.807) is 14.2 Å². The van der Waals surface area contributed by atoms with Gasteiger partial charge in [0.05, 0.1) is 7.11 Å². The fourth-order valence-electron chi connectivity index (χ4n) is 3.05. The molecule has 0 amide bonds. The van der Waals surface area contributed by atoms with E-state index >= 15 is 0 Å². The lowest BCUT2D eigenvalue weighted by Gasteiger charge is -2.12. The minimum absolute atomic E-state index is 0.227. The first kappa shape index (κ1) is 18.8. The summed E-state index contributed by atoms with van der Waals surface area (Å²) >= 11 is 0. The third-order valence-corrected chi connectivity index (χ3v) is 4.48. The molecule has 6 heteroatoms. The second-order valence-corrected chi connectivity index (χ2v) is 6.28. The van der Waals surface area contributed by atoms with Crippen LogP contribution in [0.4, 0.5) is 4.39 Å². The molecule has 3 N–H and O–H groups in total. The van der Waals surface area contributed by atoms with Crippen molar-refractivity contribution in [1.82, 2.24) is 15.6 Å². The van der Waals surface area contributed by atoms with Gasteiger partial charge in [0.2, 0.25) is 0 Å². The summed E-state index contributed by atoms with van der Waals surface area (Å²) in [6.45, 7) is 1.52. The number of aliphatic imine (C=N–C) groups is 1. The number of halogens is 1. The molecule has 27 heavy (non-hydrogen) atoms. The van der Waals surface area contributed by atoms with Crippen LogP contribution in [0.1, 0.15) is 11.1 Å². The smallest absolute Gasteiger partial charge is 0.190 e. The molecule has 0 saturated heterocycles. The number of nitrogens with one attached hydrogen (secondary N) is 3. The summed E-state index contributed by atoms with van der Waals surface area (Å²) in [5, 5.41) is 7.69. The predicted octanol–water partition coefficient (Wildman–Crippen LogP) is 3.27. The normalized spacial score (nSPS) is 11.6. The van der Waals surface area contributed by atoms with E-state index in [4.69, 9.17) is 4.74 Å². The van der Waals surface area contributed by atoms with Crippen LogP contribution in [0.25, 0.3) is 10.9 Å². The van der Waals surface area contributed by atoms with Gasteiger partial charge in [-0.1, -0.05) is 12.1 Å². The van der Waals surface area contributed by atoms with E-state index < -0.39 is 0 Å². The van der Waals surface area contributed by atoms with Crippen molar-refractivity contribution in [3.8, 4) is 5.75 Å². The summed E-state index contributed by atoms with van der Waals surface area (Å²) in [5.41, 5.74) is 3.19. The molecule has 0 atom stereocenters. The predicted molar refractivity (Wildman–Crippen MR) is 108 cm³/mol. The highest BCUT2D eigenvalue weighted by Crippen LogP contribution is 2.19. The van der Waals surface area contributed by atoms with Crippen molar-refractivity contribution in [3.63, 3.8) is 0 Å². The van der Waals surface area contributed by atoms with Gasteiger partial charge in [0.25, 0.3) is 0 Å². The maximum absolute atomic E-state index is 13.3. The number of aromatic nitrogens is 1. The van der Waals surface area contributed by atoms with Gasteiger partial charge in [0, 0.05) is 37.2 Å². The molecule has 0 saturated carbocycles. The van der Waals surface area contributed by atoms with Crippen LogP contribution in [0.2, 0.25) is 0 Å². The highest BCUT2D eigenvalue weighted by atomic mass is 19.1. The Morgan fingerprint density at radius 1 is 1.11 bits per heavy atom. The van der Waals surface area contributed by atoms with E-state index in [0.29, 0.717) is 0 Å². The number of fused-ring (bicyclic) bond motifs is 1. The Morgan fingerprint density at radius 2 is 1.93 bits per heavy atom. The van der Waals surface area contributed by atoms with Crippen LogP contribution in [0.3, 0.4) is 0 Å². The number of aromatic amines is 1. The standard InChI is InChI=1S/C21H25FN4O/c1-23-21(24-10-8-15-4-3-5-18(12-15)27-2)25-11-9-16-14-26-20-13-17(22)6-7-19(16)20/h3-7,12-14,26H,8-11H2,1-2H3,(H2,23,24,25).